The van der Waals surface area contributed by atoms with Crippen LogP contribution in [-0.2, 0) is 4.74 Å². The molecule has 0 bridgehead atoms. The average molecular weight is 460 g/mol. The fourth-order valence-electron chi connectivity index (χ4n) is 4.23. The number of fused-ring (bicyclic) bond motifs is 3. The number of aliphatic hydroxyl groups excluding tert-OH is 2. The molecule has 0 aliphatic heterocycles. The van der Waals surface area contributed by atoms with Crippen molar-refractivity contribution in [1.29, 1.82) is 5.26 Å². The summed E-state index contributed by atoms with van der Waals surface area (Å²) in [5, 5.41) is 42.7. The number of nitrogens with one attached hydrogen (secondary N) is 1. The molecule has 2 atom stereocenters. The third kappa shape index (κ3) is 4.39. The Bertz CT molecular complexity index is 1210. The molecule has 0 aromatic heterocycles. The van der Waals surface area contributed by atoms with Crippen molar-refractivity contribution in [3.63, 3.8) is 0 Å². The molecule has 1 aliphatic carbocycles. The summed E-state index contributed by atoms with van der Waals surface area (Å²) in [6, 6.07) is 20.4. The van der Waals surface area contributed by atoms with E-state index in [4.69, 9.17) is 14.7 Å². The monoisotopic (exact) mass is 460 g/mol. The summed E-state index contributed by atoms with van der Waals surface area (Å²) in [5.74, 6) is -0.509. The lowest BCUT2D eigenvalue weighted by Crippen LogP contribution is -2.36. The standard InChI is InChI=1S/C26H24N2O6/c1-33-23-11-15(12-27)10-20(25(23)31)24(30)22(29)13-28-26(32)34-14-21-18-8-4-2-6-16(18)17-7-3-5-9-19(17)21/h2-11,21-22,24,29-31H,13-14H2,1H3,(H,28,32). The molecule has 34 heavy (non-hydrogen) atoms. The smallest absolute Gasteiger partial charge is 0.407 e. The van der Waals surface area contributed by atoms with Gasteiger partial charge in [-0.05, 0) is 28.3 Å². The van der Waals surface area contributed by atoms with E-state index in [1.807, 2.05) is 54.6 Å². The summed E-state index contributed by atoms with van der Waals surface area (Å²) in [7, 11) is 1.31. The van der Waals surface area contributed by atoms with Crippen LogP contribution in [0.3, 0.4) is 0 Å². The van der Waals surface area contributed by atoms with Crippen LogP contribution in [0.2, 0.25) is 0 Å². The summed E-state index contributed by atoms with van der Waals surface area (Å²) in [6.07, 6.45) is -3.79. The van der Waals surface area contributed by atoms with E-state index < -0.39 is 24.1 Å². The zero-order valence-electron chi connectivity index (χ0n) is 18.4. The van der Waals surface area contributed by atoms with Gasteiger partial charge in [0.25, 0.3) is 0 Å². The number of phenolic OH excluding ortho intramolecular Hbond substituents is 1. The van der Waals surface area contributed by atoms with E-state index in [0.717, 1.165) is 22.3 Å². The van der Waals surface area contributed by atoms with Crippen LogP contribution in [0.5, 0.6) is 11.5 Å². The highest BCUT2D eigenvalue weighted by atomic mass is 16.5. The highest BCUT2D eigenvalue weighted by Gasteiger charge is 2.29. The molecule has 174 valence electrons. The van der Waals surface area contributed by atoms with E-state index in [1.165, 1.54) is 19.2 Å². The number of aromatic hydroxyl groups is 1. The highest BCUT2D eigenvalue weighted by Crippen LogP contribution is 2.44. The summed E-state index contributed by atoms with van der Waals surface area (Å²) in [5.41, 5.74) is 4.43. The molecular formula is C26H24N2O6. The number of methoxy groups -OCH3 is 1. The van der Waals surface area contributed by atoms with Crippen LogP contribution in [-0.4, -0.2) is 47.8 Å². The first kappa shape index (κ1) is 23.1. The maximum atomic E-state index is 12.3. The van der Waals surface area contributed by atoms with Gasteiger partial charge < -0.3 is 30.1 Å². The van der Waals surface area contributed by atoms with Gasteiger partial charge in [0.2, 0.25) is 0 Å². The van der Waals surface area contributed by atoms with Crippen molar-refractivity contribution in [2.45, 2.75) is 18.1 Å². The SMILES string of the molecule is COc1cc(C#N)cc(C(O)C(O)CNC(=O)OCC2c3ccccc3-c3ccccc32)c1O. The van der Waals surface area contributed by atoms with Crippen LogP contribution >= 0.6 is 0 Å². The van der Waals surface area contributed by atoms with Crippen LogP contribution < -0.4 is 10.1 Å². The van der Waals surface area contributed by atoms with E-state index in [-0.39, 0.29) is 35.9 Å². The van der Waals surface area contributed by atoms with E-state index >= 15 is 0 Å². The largest absolute Gasteiger partial charge is 0.504 e. The van der Waals surface area contributed by atoms with Crippen molar-refractivity contribution in [3.8, 4) is 28.7 Å². The van der Waals surface area contributed by atoms with Gasteiger partial charge in [0, 0.05) is 24.1 Å². The minimum atomic E-state index is -1.57. The third-order valence-corrected chi connectivity index (χ3v) is 5.94. The van der Waals surface area contributed by atoms with Gasteiger partial charge in [-0.3, -0.25) is 0 Å². The maximum Gasteiger partial charge on any atom is 0.407 e. The fraction of sp³-hybridized carbons (Fsp3) is 0.231. The van der Waals surface area contributed by atoms with Crippen LogP contribution in [0.4, 0.5) is 4.79 Å². The number of hydrogen-bond acceptors (Lipinski definition) is 7. The summed E-state index contributed by atoms with van der Waals surface area (Å²) >= 11 is 0. The molecule has 0 saturated carbocycles. The van der Waals surface area contributed by atoms with Crippen molar-refractivity contribution in [2.24, 2.45) is 0 Å². The molecule has 4 rings (SSSR count). The number of carbonyl (C=O) groups excluding carboxylic acids is 1. The number of amides is 1. The molecule has 0 saturated heterocycles. The van der Waals surface area contributed by atoms with Gasteiger partial charge in [0.1, 0.15) is 18.8 Å². The van der Waals surface area contributed by atoms with Gasteiger partial charge in [-0.25, -0.2) is 4.79 Å². The fourth-order valence-corrected chi connectivity index (χ4v) is 4.23. The van der Waals surface area contributed by atoms with Crippen molar-refractivity contribution in [3.05, 3.63) is 82.9 Å². The Morgan fingerprint density at radius 1 is 1.09 bits per heavy atom. The Balaban J connectivity index is 1.38. The molecule has 0 fully saturated rings. The second-order valence-corrected chi connectivity index (χ2v) is 7.95. The number of carbonyl (C=O) groups is 1. The van der Waals surface area contributed by atoms with E-state index in [2.05, 4.69) is 5.32 Å². The number of ether oxygens (including phenoxy) is 2. The van der Waals surface area contributed by atoms with Crippen molar-refractivity contribution in [1.82, 2.24) is 5.32 Å². The number of rotatable bonds is 7. The lowest BCUT2D eigenvalue weighted by Gasteiger charge is -2.21. The number of benzene rings is 3. The molecule has 3 aromatic carbocycles. The second kappa shape index (κ2) is 9.83. The normalized spacial score (nSPS) is 13.8. The number of phenols is 1. The number of hydrogen-bond donors (Lipinski definition) is 4. The molecule has 1 aliphatic rings. The van der Waals surface area contributed by atoms with Gasteiger partial charge >= 0.3 is 6.09 Å². The minimum absolute atomic E-state index is 0.00945. The number of nitriles is 1. The first-order valence-electron chi connectivity index (χ1n) is 10.7. The summed E-state index contributed by atoms with van der Waals surface area (Å²) < 4.78 is 10.4. The summed E-state index contributed by atoms with van der Waals surface area (Å²) in [4.78, 5) is 12.3. The predicted molar refractivity (Wildman–Crippen MR) is 123 cm³/mol. The lowest BCUT2D eigenvalue weighted by molar-refractivity contribution is 0.0171. The molecule has 3 aromatic rings. The Kier molecular flexibility index (Phi) is 6.68. The zero-order valence-corrected chi connectivity index (χ0v) is 18.4. The Morgan fingerprint density at radius 2 is 1.71 bits per heavy atom. The van der Waals surface area contributed by atoms with Crippen LogP contribution in [0, 0.1) is 11.3 Å². The number of nitrogens with zero attached hydrogens (tertiary/aromatic N) is 1. The Labute approximate surface area is 196 Å². The van der Waals surface area contributed by atoms with Crippen molar-refractivity contribution < 1.29 is 29.6 Å². The van der Waals surface area contributed by atoms with Crippen LogP contribution in [0.1, 0.15) is 34.3 Å². The second-order valence-electron chi connectivity index (χ2n) is 7.95. The molecule has 1 amide bonds. The van der Waals surface area contributed by atoms with Gasteiger partial charge in [0.15, 0.2) is 11.5 Å². The topological polar surface area (TPSA) is 132 Å². The Hall–Kier alpha value is -4.06. The van der Waals surface area contributed by atoms with E-state index in [9.17, 15) is 20.1 Å². The predicted octanol–water partition coefficient (Wildman–Crippen LogP) is 3.21. The van der Waals surface area contributed by atoms with E-state index in [1.54, 1.807) is 0 Å². The van der Waals surface area contributed by atoms with Crippen LogP contribution in [0.15, 0.2) is 60.7 Å². The molecule has 2 unspecified atom stereocenters. The van der Waals surface area contributed by atoms with Crippen LogP contribution in [0.25, 0.3) is 11.1 Å². The van der Waals surface area contributed by atoms with Crippen molar-refractivity contribution >= 4 is 6.09 Å². The molecular weight excluding hydrogens is 436 g/mol. The molecule has 0 spiro atoms. The first-order chi connectivity index (χ1) is 16.4. The molecule has 8 heteroatoms. The molecule has 4 N–H and O–H groups in total. The van der Waals surface area contributed by atoms with Gasteiger partial charge in [0.05, 0.1) is 18.7 Å². The average Bonchev–Trinajstić information content (AvgIpc) is 3.19. The molecule has 8 nitrogen and oxygen atoms in total. The lowest BCUT2D eigenvalue weighted by atomic mass is 9.98. The minimum Gasteiger partial charge on any atom is -0.504 e. The first-order valence-corrected chi connectivity index (χ1v) is 10.7. The number of alkyl carbamates (subject to hydrolysis) is 1. The van der Waals surface area contributed by atoms with Gasteiger partial charge in [-0.2, -0.15) is 5.26 Å². The van der Waals surface area contributed by atoms with Gasteiger partial charge in [-0.15, -0.1) is 0 Å². The van der Waals surface area contributed by atoms with Gasteiger partial charge in [-0.1, -0.05) is 48.5 Å². The summed E-state index contributed by atoms with van der Waals surface area (Å²) in [6.45, 7) is -0.225. The molecule has 0 radical (unpaired) electrons. The van der Waals surface area contributed by atoms with Crippen molar-refractivity contribution in [2.75, 3.05) is 20.3 Å². The Morgan fingerprint density at radius 3 is 2.29 bits per heavy atom. The van der Waals surface area contributed by atoms with E-state index in [0.29, 0.717) is 0 Å². The highest BCUT2D eigenvalue weighted by molar-refractivity contribution is 5.79. The molecule has 0 heterocycles. The quantitative estimate of drug-likeness (QED) is 0.426. The maximum absolute atomic E-state index is 12.3. The number of aliphatic hydroxyl groups is 2. The zero-order chi connectivity index (χ0) is 24.2. The third-order valence-electron chi connectivity index (χ3n) is 5.94.